The summed E-state index contributed by atoms with van der Waals surface area (Å²) in [6.07, 6.45) is 1.26. The van der Waals surface area contributed by atoms with Gasteiger partial charge in [0.25, 0.3) is 5.91 Å². The number of amides is 1. The van der Waals surface area contributed by atoms with Gasteiger partial charge in [0.2, 0.25) is 0 Å². The normalized spacial score (nSPS) is 13.9. The lowest BCUT2D eigenvalue weighted by atomic mass is 10.1. The van der Waals surface area contributed by atoms with Crippen molar-refractivity contribution in [3.63, 3.8) is 0 Å². The van der Waals surface area contributed by atoms with E-state index in [1.807, 2.05) is 0 Å². The second-order valence-electron chi connectivity index (χ2n) is 2.98. The van der Waals surface area contributed by atoms with Crippen LogP contribution in [0.25, 0.3) is 0 Å². The number of fused-ring (bicyclic) bond motifs is 1. The number of carbonyl (C=O) groups is 1. The summed E-state index contributed by atoms with van der Waals surface area (Å²) in [5.74, 6) is -0.559. The first kappa shape index (κ1) is 8.71. The zero-order valence-corrected chi connectivity index (χ0v) is 7.34. The van der Waals surface area contributed by atoms with Crippen molar-refractivity contribution in [1.82, 2.24) is 0 Å². The zero-order chi connectivity index (χ0) is 10.1. The Morgan fingerprint density at radius 2 is 2.36 bits per heavy atom. The molecule has 1 aromatic rings. The van der Waals surface area contributed by atoms with Crippen LogP contribution in [0.15, 0.2) is 23.2 Å². The summed E-state index contributed by atoms with van der Waals surface area (Å²) in [7, 11) is 0. The Labute approximate surface area is 80.4 Å². The molecular formula is C9H9N3O2. The van der Waals surface area contributed by atoms with E-state index in [0.29, 0.717) is 17.8 Å². The van der Waals surface area contributed by atoms with Gasteiger partial charge in [-0.05, 0) is 6.07 Å². The Kier molecular flexibility index (Phi) is 1.94. The molecule has 1 amide bonds. The van der Waals surface area contributed by atoms with E-state index < -0.39 is 5.91 Å². The second kappa shape index (κ2) is 3.12. The highest BCUT2D eigenvalue weighted by atomic mass is 16.5. The van der Waals surface area contributed by atoms with Gasteiger partial charge in [-0.1, -0.05) is 12.1 Å². The number of para-hydroxylation sites is 1. The fourth-order valence-electron chi connectivity index (χ4n) is 1.46. The average molecular weight is 191 g/mol. The first-order valence-electron chi connectivity index (χ1n) is 4.10. The second-order valence-corrected chi connectivity index (χ2v) is 2.98. The highest BCUT2D eigenvalue weighted by molar-refractivity contribution is 6.02. The minimum Gasteiger partial charge on any atom is -0.366 e. The number of carbonyl (C=O) groups excluding carboxylic acids is 1. The van der Waals surface area contributed by atoms with Gasteiger partial charge < -0.3 is 5.73 Å². The molecule has 5 heteroatoms. The van der Waals surface area contributed by atoms with E-state index in [4.69, 9.17) is 5.73 Å². The molecule has 14 heavy (non-hydrogen) atoms. The van der Waals surface area contributed by atoms with Crippen molar-refractivity contribution in [2.45, 2.75) is 6.54 Å². The minimum absolute atomic E-state index is 0.302. The number of benzene rings is 1. The van der Waals surface area contributed by atoms with Gasteiger partial charge in [-0.2, -0.15) is 0 Å². The Hall–Kier alpha value is -1.88. The molecule has 0 saturated carbocycles. The molecule has 1 aliphatic rings. The molecule has 0 spiro atoms. The van der Waals surface area contributed by atoms with Gasteiger partial charge in [0.05, 0.1) is 17.8 Å². The van der Waals surface area contributed by atoms with Gasteiger partial charge >= 0.3 is 0 Å². The summed E-state index contributed by atoms with van der Waals surface area (Å²) in [5.41, 5.74) is 6.69. The molecule has 72 valence electrons. The van der Waals surface area contributed by atoms with Crippen molar-refractivity contribution in [2.75, 3.05) is 5.06 Å². The highest BCUT2D eigenvalue weighted by Crippen LogP contribution is 2.26. The summed E-state index contributed by atoms with van der Waals surface area (Å²) in [6, 6.07) is 5.08. The Balaban J connectivity index is 2.61. The van der Waals surface area contributed by atoms with Crippen molar-refractivity contribution in [1.29, 1.82) is 0 Å². The maximum atomic E-state index is 11.1. The SMILES string of the molecule is NC(=O)c1cccc2c1N(O)C=NC2. The van der Waals surface area contributed by atoms with E-state index in [9.17, 15) is 10.0 Å². The number of hydrogen-bond donors (Lipinski definition) is 2. The van der Waals surface area contributed by atoms with E-state index in [0.717, 1.165) is 10.6 Å². The molecule has 0 bridgehead atoms. The number of nitrogens with zero attached hydrogens (tertiary/aromatic N) is 2. The summed E-state index contributed by atoms with van der Waals surface area (Å²) < 4.78 is 0. The fourth-order valence-corrected chi connectivity index (χ4v) is 1.46. The average Bonchev–Trinajstić information content (AvgIpc) is 2.17. The van der Waals surface area contributed by atoms with Gasteiger partial charge in [-0.15, -0.1) is 0 Å². The van der Waals surface area contributed by atoms with E-state index in [-0.39, 0.29) is 0 Å². The molecule has 0 aromatic heterocycles. The summed E-state index contributed by atoms with van der Waals surface area (Å²) >= 11 is 0. The Morgan fingerprint density at radius 3 is 3.07 bits per heavy atom. The van der Waals surface area contributed by atoms with Crippen LogP contribution in [0, 0.1) is 0 Å². The number of rotatable bonds is 1. The van der Waals surface area contributed by atoms with Crippen molar-refractivity contribution in [3.8, 4) is 0 Å². The van der Waals surface area contributed by atoms with Crippen LogP contribution in [0.2, 0.25) is 0 Å². The molecule has 1 aliphatic heterocycles. The molecule has 0 saturated heterocycles. The molecule has 0 aliphatic carbocycles. The topological polar surface area (TPSA) is 78.9 Å². The summed E-state index contributed by atoms with van der Waals surface area (Å²) in [6.45, 7) is 0.452. The van der Waals surface area contributed by atoms with Gasteiger partial charge in [0.15, 0.2) is 0 Å². The molecule has 1 aromatic carbocycles. The predicted molar refractivity (Wildman–Crippen MR) is 51.4 cm³/mol. The Bertz CT molecular complexity index is 415. The van der Waals surface area contributed by atoms with Gasteiger partial charge in [0.1, 0.15) is 6.34 Å². The third-order valence-electron chi connectivity index (χ3n) is 2.07. The largest absolute Gasteiger partial charge is 0.366 e. The van der Waals surface area contributed by atoms with Crippen LogP contribution >= 0.6 is 0 Å². The maximum Gasteiger partial charge on any atom is 0.250 e. The predicted octanol–water partition coefficient (Wildman–Crippen LogP) is 0.523. The van der Waals surface area contributed by atoms with Crippen LogP contribution in [0.1, 0.15) is 15.9 Å². The van der Waals surface area contributed by atoms with E-state index in [1.54, 1.807) is 18.2 Å². The summed E-state index contributed by atoms with van der Waals surface area (Å²) in [4.78, 5) is 15.0. The molecule has 2 rings (SSSR count). The molecular weight excluding hydrogens is 182 g/mol. The molecule has 0 unspecified atom stereocenters. The lowest BCUT2D eigenvalue weighted by Crippen LogP contribution is -2.25. The zero-order valence-electron chi connectivity index (χ0n) is 7.34. The van der Waals surface area contributed by atoms with Gasteiger partial charge in [-0.25, -0.2) is 5.06 Å². The molecule has 1 heterocycles. The third kappa shape index (κ3) is 1.23. The van der Waals surface area contributed by atoms with E-state index >= 15 is 0 Å². The molecule has 0 radical (unpaired) electrons. The molecule has 0 fully saturated rings. The number of hydroxylamine groups is 1. The van der Waals surface area contributed by atoms with Crippen LogP contribution in [-0.2, 0) is 6.54 Å². The number of aliphatic imine (C=N–C) groups is 1. The van der Waals surface area contributed by atoms with Crippen molar-refractivity contribution >= 4 is 17.9 Å². The van der Waals surface area contributed by atoms with Crippen LogP contribution in [0.5, 0.6) is 0 Å². The number of anilines is 1. The van der Waals surface area contributed by atoms with Crippen molar-refractivity contribution in [2.24, 2.45) is 10.7 Å². The van der Waals surface area contributed by atoms with Crippen molar-refractivity contribution in [3.05, 3.63) is 29.3 Å². The first-order chi connectivity index (χ1) is 6.70. The van der Waals surface area contributed by atoms with Crippen LogP contribution < -0.4 is 10.8 Å². The number of primary amides is 1. The quantitative estimate of drug-likeness (QED) is 0.679. The molecule has 3 N–H and O–H groups in total. The monoisotopic (exact) mass is 191 g/mol. The van der Waals surface area contributed by atoms with Crippen molar-refractivity contribution < 1.29 is 10.0 Å². The molecule has 0 atom stereocenters. The smallest absolute Gasteiger partial charge is 0.250 e. The van der Waals surface area contributed by atoms with E-state index in [1.165, 1.54) is 6.34 Å². The maximum absolute atomic E-state index is 11.1. The number of hydrogen-bond acceptors (Lipinski definition) is 4. The van der Waals surface area contributed by atoms with Crippen LogP contribution in [0.4, 0.5) is 5.69 Å². The van der Waals surface area contributed by atoms with Crippen LogP contribution in [0.3, 0.4) is 0 Å². The summed E-state index contributed by atoms with van der Waals surface area (Å²) in [5, 5.41) is 10.3. The first-order valence-corrected chi connectivity index (χ1v) is 4.10. The standard InChI is InChI=1S/C9H9N3O2/c10-9(13)7-3-1-2-6-4-11-5-12(14)8(6)7/h1-3,5,14H,4H2,(H2,10,13). The van der Waals surface area contributed by atoms with Gasteiger partial charge in [0, 0.05) is 5.56 Å². The molecule has 5 nitrogen and oxygen atoms in total. The lowest BCUT2D eigenvalue weighted by Gasteiger charge is -2.21. The number of nitrogens with two attached hydrogens (primary N) is 1. The highest BCUT2D eigenvalue weighted by Gasteiger charge is 2.18. The minimum atomic E-state index is -0.559. The lowest BCUT2D eigenvalue weighted by molar-refractivity contribution is 0.0999. The van der Waals surface area contributed by atoms with E-state index in [2.05, 4.69) is 4.99 Å². The Morgan fingerprint density at radius 1 is 1.57 bits per heavy atom. The third-order valence-corrected chi connectivity index (χ3v) is 2.07. The van der Waals surface area contributed by atoms with Gasteiger partial charge in [-0.3, -0.25) is 15.0 Å². The fraction of sp³-hybridized carbons (Fsp3) is 0.111. The van der Waals surface area contributed by atoms with Crippen LogP contribution in [-0.4, -0.2) is 17.5 Å².